The highest BCUT2D eigenvalue weighted by Crippen LogP contribution is 2.28. The van der Waals surface area contributed by atoms with E-state index in [2.05, 4.69) is 35.9 Å². The minimum atomic E-state index is -0.502. The van der Waals surface area contributed by atoms with Gasteiger partial charge >= 0.3 is 0 Å². The zero-order chi connectivity index (χ0) is 20.3. The van der Waals surface area contributed by atoms with E-state index in [1.54, 1.807) is 18.3 Å². The van der Waals surface area contributed by atoms with Crippen LogP contribution in [0.4, 0.5) is 0 Å². The lowest BCUT2D eigenvalue weighted by Crippen LogP contribution is -2.62. The molecule has 148 valence electrons. The molecule has 1 amide bonds. The number of amides is 1. The topological polar surface area (TPSA) is 72.6 Å². The van der Waals surface area contributed by atoms with E-state index in [0.29, 0.717) is 26.2 Å². The quantitative estimate of drug-likeness (QED) is 0.564. The lowest BCUT2D eigenvalue weighted by molar-refractivity contribution is -0.136. The summed E-state index contributed by atoms with van der Waals surface area (Å²) in [6.45, 7) is 10.1. The van der Waals surface area contributed by atoms with E-state index in [9.17, 15) is 10.1 Å². The Morgan fingerprint density at radius 1 is 1.43 bits per heavy atom. The van der Waals surface area contributed by atoms with E-state index < -0.39 is 5.92 Å². The molecule has 1 saturated heterocycles. The van der Waals surface area contributed by atoms with Crippen LogP contribution in [0.2, 0.25) is 0 Å². The van der Waals surface area contributed by atoms with Gasteiger partial charge in [-0.05, 0) is 32.2 Å². The highest BCUT2D eigenvalue weighted by Gasteiger charge is 2.38. The number of carbonyl (C=O) groups is 1. The number of thiazole rings is 1. The standard InChI is InChI=1S/C20H25N5OS2/c1-14-12-28-19(23-14)17(10-21)18(22-11-16-6-5-9-27-16)24-7-8-25(15(2)26)20(3,4)13-24/h5-6,9,12,17H,7-8,11,13H2,1-4H3. The fourth-order valence-corrected chi connectivity index (χ4v) is 5.06. The van der Waals surface area contributed by atoms with Gasteiger partial charge in [-0.25, -0.2) is 4.98 Å². The van der Waals surface area contributed by atoms with Gasteiger partial charge in [0.2, 0.25) is 5.91 Å². The van der Waals surface area contributed by atoms with Crippen molar-refractivity contribution in [1.82, 2.24) is 14.8 Å². The van der Waals surface area contributed by atoms with E-state index in [-0.39, 0.29) is 11.4 Å². The van der Waals surface area contributed by atoms with Crippen molar-refractivity contribution in [2.45, 2.75) is 45.7 Å². The van der Waals surface area contributed by atoms with Crippen LogP contribution in [0.1, 0.15) is 42.3 Å². The van der Waals surface area contributed by atoms with Crippen molar-refractivity contribution in [2.75, 3.05) is 19.6 Å². The lowest BCUT2D eigenvalue weighted by Gasteiger charge is -2.48. The van der Waals surface area contributed by atoms with Crippen LogP contribution in [0.15, 0.2) is 27.9 Å². The zero-order valence-corrected chi connectivity index (χ0v) is 18.3. The maximum Gasteiger partial charge on any atom is 0.220 e. The van der Waals surface area contributed by atoms with E-state index in [0.717, 1.165) is 21.4 Å². The first-order valence-corrected chi connectivity index (χ1v) is 11.0. The molecular formula is C20H25N5OS2. The molecular weight excluding hydrogens is 390 g/mol. The molecule has 3 rings (SSSR count). The third kappa shape index (κ3) is 4.42. The van der Waals surface area contributed by atoms with Gasteiger partial charge in [-0.2, -0.15) is 5.26 Å². The highest BCUT2D eigenvalue weighted by molar-refractivity contribution is 7.10. The number of thiophene rings is 1. The largest absolute Gasteiger partial charge is 0.355 e. The number of piperazine rings is 1. The van der Waals surface area contributed by atoms with Crippen LogP contribution in [0.25, 0.3) is 0 Å². The van der Waals surface area contributed by atoms with Crippen molar-refractivity contribution in [3.63, 3.8) is 0 Å². The number of aryl methyl sites for hydroxylation is 1. The molecule has 2 aromatic heterocycles. The molecule has 0 saturated carbocycles. The summed E-state index contributed by atoms with van der Waals surface area (Å²) in [6, 6.07) is 6.48. The van der Waals surface area contributed by atoms with Crippen molar-refractivity contribution in [1.29, 1.82) is 5.26 Å². The molecule has 0 spiro atoms. The first kappa shape index (κ1) is 20.5. The third-order valence-electron chi connectivity index (χ3n) is 4.85. The second-order valence-corrected chi connectivity index (χ2v) is 9.47. The van der Waals surface area contributed by atoms with Gasteiger partial charge in [-0.3, -0.25) is 9.79 Å². The number of rotatable bonds is 4. The minimum absolute atomic E-state index is 0.0779. The molecule has 1 unspecified atom stereocenters. The zero-order valence-electron chi connectivity index (χ0n) is 16.7. The molecule has 2 aromatic rings. The molecule has 0 radical (unpaired) electrons. The van der Waals surface area contributed by atoms with Crippen LogP contribution in [-0.2, 0) is 11.3 Å². The summed E-state index contributed by atoms with van der Waals surface area (Å²) in [5.74, 6) is 0.328. The highest BCUT2D eigenvalue weighted by atomic mass is 32.1. The summed E-state index contributed by atoms with van der Waals surface area (Å²) in [5, 5.41) is 14.7. The Morgan fingerprint density at radius 2 is 2.21 bits per heavy atom. The van der Waals surface area contributed by atoms with Gasteiger partial charge in [-0.1, -0.05) is 6.07 Å². The summed E-state index contributed by atoms with van der Waals surface area (Å²) >= 11 is 3.16. The second kappa shape index (κ2) is 8.41. The average molecular weight is 416 g/mol. The molecule has 0 aromatic carbocycles. The normalized spacial score (nSPS) is 18.0. The van der Waals surface area contributed by atoms with Gasteiger partial charge in [0.25, 0.3) is 0 Å². The van der Waals surface area contributed by atoms with E-state index in [1.807, 2.05) is 28.7 Å². The lowest BCUT2D eigenvalue weighted by atomic mass is 9.97. The van der Waals surface area contributed by atoms with Crippen LogP contribution in [-0.4, -0.2) is 51.7 Å². The molecule has 6 nitrogen and oxygen atoms in total. The van der Waals surface area contributed by atoms with Gasteiger partial charge in [0.1, 0.15) is 10.8 Å². The summed E-state index contributed by atoms with van der Waals surface area (Å²) in [7, 11) is 0. The average Bonchev–Trinajstić information content (AvgIpc) is 3.29. The molecule has 8 heteroatoms. The third-order valence-corrected chi connectivity index (χ3v) is 6.74. The fraction of sp³-hybridized carbons (Fsp3) is 0.500. The Morgan fingerprint density at radius 3 is 2.75 bits per heavy atom. The van der Waals surface area contributed by atoms with Crippen LogP contribution < -0.4 is 0 Å². The molecule has 1 aliphatic heterocycles. The van der Waals surface area contributed by atoms with Crippen molar-refractivity contribution in [2.24, 2.45) is 4.99 Å². The monoisotopic (exact) mass is 415 g/mol. The molecule has 28 heavy (non-hydrogen) atoms. The van der Waals surface area contributed by atoms with Crippen LogP contribution in [0, 0.1) is 18.3 Å². The summed E-state index contributed by atoms with van der Waals surface area (Å²) in [4.78, 5) is 26.6. The Labute approximate surface area is 174 Å². The minimum Gasteiger partial charge on any atom is -0.355 e. The van der Waals surface area contributed by atoms with E-state index in [4.69, 9.17) is 4.99 Å². The number of amidine groups is 1. The number of carbonyl (C=O) groups excluding carboxylic acids is 1. The molecule has 3 heterocycles. The van der Waals surface area contributed by atoms with Crippen LogP contribution in [0.3, 0.4) is 0 Å². The Balaban J connectivity index is 1.93. The van der Waals surface area contributed by atoms with Gasteiger partial charge in [0.15, 0.2) is 5.92 Å². The van der Waals surface area contributed by atoms with E-state index >= 15 is 0 Å². The molecule has 1 fully saturated rings. The van der Waals surface area contributed by atoms with Crippen molar-refractivity contribution >= 4 is 34.4 Å². The Kier molecular flexibility index (Phi) is 6.16. The molecule has 1 atom stereocenters. The molecule has 0 N–H and O–H groups in total. The number of hydrogen-bond acceptors (Lipinski definition) is 6. The molecule has 0 bridgehead atoms. The number of aromatic nitrogens is 1. The molecule has 1 aliphatic rings. The van der Waals surface area contributed by atoms with Gasteiger partial charge in [0, 0.05) is 42.5 Å². The number of nitrogens with zero attached hydrogens (tertiary/aromatic N) is 5. The maximum atomic E-state index is 12.0. The number of hydrogen-bond donors (Lipinski definition) is 0. The van der Waals surface area contributed by atoms with Gasteiger partial charge in [-0.15, -0.1) is 22.7 Å². The predicted octanol–water partition coefficient (Wildman–Crippen LogP) is 3.66. The predicted molar refractivity (Wildman–Crippen MR) is 114 cm³/mol. The van der Waals surface area contributed by atoms with Gasteiger partial charge in [0.05, 0.1) is 18.2 Å². The smallest absolute Gasteiger partial charge is 0.220 e. The summed E-state index contributed by atoms with van der Waals surface area (Å²) in [6.07, 6.45) is 0. The molecule has 0 aliphatic carbocycles. The van der Waals surface area contributed by atoms with E-state index in [1.165, 1.54) is 11.3 Å². The fourth-order valence-electron chi connectivity index (χ4n) is 3.60. The maximum absolute atomic E-state index is 12.0. The Hall–Kier alpha value is -2.24. The second-order valence-electron chi connectivity index (χ2n) is 7.55. The number of aliphatic imine (C=N–C) groups is 1. The summed E-state index contributed by atoms with van der Waals surface area (Å²) < 4.78 is 0. The van der Waals surface area contributed by atoms with Crippen LogP contribution >= 0.6 is 22.7 Å². The van der Waals surface area contributed by atoms with Crippen molar-refractivity contribution < 1.29 is 4.79 Å². The van der Waals surface area contributed by atoms with Crippen molar-refractivity contribution in [3.8, 4) is 6.07 Å². The van der Waals surface area contributed by atoms with Crippen LogP contribution in [0.5, 0.6) is 0 Å². The Bertz CT molecular complexity index is 894. The summed E-state index contributed by atoms with van der Waals surface area (Å²) in [5.41, 5.74) is 0.589. The van der Waals surface area contributed by atoms with Gasteiger partial charge < -0.3 is 9.80 Å². The number of nitriles is 1. The van der Waals surface area contributed by atoms with Crippen molar-refractivity contribution in [3.05, 3.63) is 38.5 Å². The SMILES string of the molecule is CC(=O)N1CCN(C(=NCc2cccs2)C(C#N)c2nc(C)cs2)CC1(C)C. The first-order chi connectivity index (χ1) is 13.3. The first-order valence-electron chi connectivity index (χ1n) is 9.23.